The Kier molecular flexibility index (Phi) is 6.41. The molecule has 1 saturated carbocycles. The number of aliphatic hydroxyl groups is 1. The lowest BCUT2D eigenvalue weighted by Crippen LogP contribution is -2.40. The van der Waals surface area contributed by atoms with Crippen molar-refractivity contribution in [3.05, 3.63) is 62.6 Å². The van der Waals surface area contributed by atoms with E-state index < -0.39 is 29.0 Å². The molecule has 184 valence electrons. The zero-order valence-electron chi connectivity index (χ0n) is 18.7. The summed E-state index contributed by atoms with van der Waals surface area (Å²) in [6.07, 6.45) is -5.76. The van der Waals surface area contributed by atoms with Gasteiger partial charge in [0.1, 0.15) is 5.82 Å². The third-order valence-corrected chi connectivity index (χ3v) is 6.60. The quantitative estimate of drug-likeness (QED) is 0.547. The van der Waals surface area contributed by atoms with Gasteiger partial charge >= 0.3 is 11.9 Å². The summed E-state index contributed by atoms with van der Waals surface area (Å²) in [5.74, 6) is -1.72. The van der Waals surface area contributed by atoms with E-state index in [2.05, 4.69) is 4.98 Å². The van der Waals surface area contributed by atoms with Crippen LogP contribution in [0.25, 0.3) is 11.2 Å². The molecule has 0 saturated heterocycles. The molecule has 0 aliphatic heterocycles. The van der Waals surface area contributed by atoms with Gasteiger partial charge in [0.15, 0.2) is 16.8 Å². The number of nitrogens with zero attached hydrogens (tertiary/aromatic N) is 4. The summed E-state index contributed by atoms with van der Waals surface area (Å²) in [7, 11) is 1.41. The van der Waals surface area contributed by atoms with E-state index in [4.69, 9.17) is 5.11 Å². The van der Waals surface area contributed by atoms with Crippen LogP contribution in [0.15, 0.2) is 39.9 Å². The largest absolute Gasteiger partial charge is 0.396 e. The molecule has 11 heteroatoms. The second-order valence-corrected chi connectivity index (χ2v) is 8.84. The van der Waals surface area contributed by atoms with E-state index in [1.54, 1.807) is 30.3 Å². The van der Waals surface area contributed by atoms with Crippen molar-refractivity contribution in [2.45, 2.75) is 57.0 Å². The van der Waals surface area contributed by atoms with Crippen molar-refractivity contribution in [2.24, 2.45) is 13.0 Å². The minimum atomic E-state index is -4.39. The Morgan fingerprint density at radius 1 is 1.12 bits per heavy atom. The van der Waals surface area contributed by atoms with Crippen molar-refractivity contribution in [3.63, 3.8) is 0 Å². The van der Waals surface area contributed by atoms with Crippen LogP contribution in [0.4, 0.5) is 17.6 Å². The number of alkyl halides is 4. The van der Waals surface area contributed by atoms with Gasteiger partial charge in [-0.3, -0.25) is 13.9 Å². The minimum Gasteiger partial charge on any atom is -0.396 e. The van der Waals surface area contributed by atoms with E-state index in [1.165, 1.54) is 11.6 Å². The number of rotatable bonds is 6. The molecule has 1 N–H and O–H groups in total. The zero-order chi connectivity index (χ0) is 24.7. The Labute approximate surface area is 192 Å². The zero-order valence-corrected chi connectivity index (χ0v) is 18.7. The van der Waals surface area contributed by atoms with E-state index in [0.29, 0.717) is 0 Å². The van der Waals surface area contributed by atoms with Gasteiger partial charge in [0.05, 0.1) is 5.92 Å². The summed E-state index contributed by atoms with van der Waals surface area (Å²) < 4.78 is 59.3. The lowest BCUT2D eigenvalue weighted by molar-refractivity contribution is -0.189. The first kappa shape index (κ1) is 24.2. The van der Waals surface area contributed by atoms with Crippen LogP contribution in [-0.4, -0.2) is 36.6 Å². The van der Waals surface area contributed by atoms with Crippen molar-refractivity contribution in [1.29, 1.82) is 0 Å². The van der Waals surface area contributed by atoms with Gasteiger partial charge in [-0.1, -0.05) is 30.3 Å². The van der Waals surface area contributed by atoms with E-state index in [9.17, 15) is 22.8 Å². The molecule has 0 atom stereocenters. The summed E-state index contributed by atoms with van der Waals surface area (Å²) in [4.78, 5) is 30.5. The Hall–Kier alpha value is -2.95. The Morgan fingerprint density at radius 2 is 1.76 bits per heavy atom. The standard InChI is InChI=1S/C23H26F4N4O3/c1-29-18-17(19(33)30(21(29)34)12-5-13-32)31(14-15-6-3-2-4-7-15)20(28-18)22(24)10-8-16(9-11-22)23(25,26)27/h2-4,6-7,16,32H,5,8-14H2,1H3. The first-order valence-corrected chi connectivity index (χ1v) is 11.2. The third kappa shape index (κ3) is 4.28. The number of aromatic nitrogens is 4. The molecule has 0 bridgehead atoms. The fourth-order valence-electron chi connectivity index (χ4n) is 4.69. The molecule has 1 aromatic carbocycles. The van der Waals surface area contributed by atoms with Crippen LogP contribution < -0.4 is 11.2 Å². The summed E-state index contributed by atoms with van der Waals surface area (Å²) in [5, 5.41) is 9.16. The van der Waals surface area contributed by atoms with Crippen molar-refractivity contribution in [3.8, 4) is 0 Å². The molecule has 7 nitrogen and oxygen atoms in total. The number of fused-ring (bicyclic) bond motifs is 1. The van der Waals surface area contributed by atoms with Crippen LogP contribution in [0.2, 0.25) is 0 Å². The molecule has 1 fully saturated rings. The van der Waals surface area contributed by atoms with Crippen molar-refractivity contribution in [1.82, 2.24) is 18.7 Å². The van der Waals surface area contributed by atoms with Crippen LogP contribution in [0.1, 0.15) is 43.5 Å². The molecule has 34 heavy (non-hydrogen) atoms. The van der Waals surface area contributed by atoms with Gasteiger partial charge in [0, 0.05) is 26.7 Å². The van der Waals surface area contributed by atoms with Gasteiger partial charge < -0.3 is 9.67 Å². The van der Waals surface area contributed by atoms with Crippen molar-refractivity contribution < 1.29 is 22.7 Å². The molecular formula is C23H26F4N4O3. The summed E-state index contributed by atoms with van der Waals surface area (Å²) >= 11 is 0. The summed E-state index contributed by atoms with van der Waals surface area (Å²) in [6.45, 7) is -0.192. The lowest BCUT2D eigenvalue weighted by atomic mass is 9.79. The smallest absolute Gasteiger partial charge is 0.391 e. The van der Waals surface area contributed by atoms with E-state index in [1.807, 2.05) is 0 Å². The maximum absolute atomic E-state index is 16.3. The van der Waals surface area contributed by atoms with Gasteiger partial charge in [-0.05, 0) is 37.7 Å². The highest BCUT2D eigenvalue weighted by molar-refractivity contribution is 5.71. The van der Waals surface area contributed by atoms with E-state index in [0.717, 1.165) is 14.7 Å². The average Bonchev–Trinajstić information content (AvgIpc) is 3.18. The Bertz CT molecular complexity index is 1290. The second-order valence-electron chi connectivity index (χ2n) is 8.84. The molecule has 0 unspecified atom stereocenters. The first-order chi connectivity index (χ1) is 16.1. The Morgan fingerprint density at radius 3 is 2.35 bits per heavy atom. The number of hydrogen-bond donors (Lipinski definition) is 1. The number of aliphatic hydroxyl groups excluding tert-OH is 1. The predicted octanol–water partition coefficient (Wildman–Crippen LogP) is 3.24. The monoisotopic (exact) mass is 482 g/mol. The van der Waals surface area contributed by atoms with Crippen LogP contribution in [-0.2, 0) is 25.8 Å². The SMILES string of the molecule is Cn1c(=O)n(CCCO)c(=O)c2c1nc(C1(F)CCC(C(F)(F)F)CC1)n2Cc1ccccc1. The normalized spacial score (nSPS) is 21.3. The molecule has 1 aliphatic rings. The predicted molar refractivity (Wildman–Crippen MR) is 117 cm³/mol. The Balaban J connectivity index is 1.90. The number of aryl methyl sites for hydroxylation is 1. The summed E-state index contributed by atoms with van der Waals surface area (Å²) in [6, 6.07) is 8.93. The van der Waals surface area contributed by atoms with Crippen LogP contribution in [0, 0.1) is 5.92 Å². The van der Waals surface area contributed by atoms with Gasteiger partial charge in [-0.2, -0.15) is 13.2 Å². The fraction of sp³-hybridized carbons (Fsp3) is 0.522. The number of imidazole rings is 1. The molecule has 3 aromatic rings. The molecule has 0 amide bonds. The van der Waals surface area contributed by atoms with Crippen molar-refractivity contribution >= 4 is 11.2 Å². The molecule has 2 heterocycles. The van der Waals surface area contributed by atoms with Gasteiger partial charge in [-0.15, -0.1) is 0 Å². The maximum atomic E-state index is 16.3. The molecule has 1 aliphatic carbocycles. The van der Waals surface area contributed by atoms with Gasteiger partial charge in [0.25, 0.3) is 5.56 Å². The van der Waals surface area contributed by atoms with E-state index in [-0.39, 0.29) is 68.8 Å². The highest BCUT2D eigenvalue weighted by atomic mass is 19.4. The molecular weight excluding hydrogens is 456 g/mol. The van der Waals surface area contributed by atoms with Crippen LogP contribution in [0.5, 0.6) is 0 Å². The highest BCUT2D eigenvalue weighted by Gasteiger charge is 2.49. The maximum Gasteiger partial charge on any atom is 0.391 e. The van der Waals surface area contributed by atoms with Gasteiger partial charge in [0.2, 0.25) is 0 Å². The average molecular weight is 482 g/mol. The lowest BCUT2D eigenvalue weighted by Gasteiger charge is -2.34. The van der Waals surface area contributed by atoms with Crippen LogP contribution in [0.3, 0.4) is 0 Å². The topological polar surface area (TPSA) is 82.0 Å². The molecule has 2 aromatic heterocycles. The summed E-state index contributed by atoms with van der Waals surface area (Å²) in [5.41, 5.74) is -2.77. The number of halogens is 4. The second kappa shape index (κ2) is 9.01. The van der Waals surface area contributed by atoms with Gasteiger partial charge in [-0.25, -0.2) is 14.2 Å². The van der Waals surface area contributed by atoms with Crippen LogP contribution >= 0.6 is 0 Å². The van der Waals surface area contributed by atoms with Crippen molar-refractivity contribution in [2.75, 3.05) is 6.61 Å². The molecule has 0 spiro atoms. The first-order valence-electron chi connectivity index (χ1n) is 11.2. The molecule has 0 radical (unpaired) electrons. The third-order valence-electron chi connectivity index (χ3n) is 6.60. The fourth-order valence-corrected chi connectivity index (χ4v) is 4.69. The minimum absolute atomic E-state index is 0.00821. The highest BCUT2D eigenvalue weighted by Crippen LogP contribution is 2.47. The number of hydrogen-bond acceptors (Lipinski definition) is 4. The number of benzene rings is 1. The molecule has 4 rings (SSSR count). The van der Waals surface area contributed by atoms with E-state index >= 15 is 4.39 Å².